The molecule has 2 aliphatic carbocycles. The molecule has 0 aliphatic heterocycles. The molecule has 2 rings (SSSR count). The molecule has 0 aromatic rings. The molecule has 120 valence electrons. The molecule has 2 saturated carbocycles. The van der Waals surface area contributed by atoms with Crippen LogP contribution in [0.1, 0.15) is 64.2 Å². The molecule has 0 bridgehead atoms. The summed E-state index contributed by atoms with van der Waals surface area (Å²) in [5, 5.41) is 12.0. The molecular weight excluding hydrogens is 270 g/mol. The van der Waals surface area contributed by atoms with Gasteiger partial charge in [-0.2, -0.15) is 0 Å². The molecule has 2 N–H and O–H groups in total. The van der Waals surface area contributed by atoms with E-state index in [1.54, 1.807) is 0 Å². The first-order valence-corrected chi connectivity index (χ1v) is 8.24. The van der Waals surface area contributed by atoms with Gasteiger partial charge in [-0.05, 0) is 32.1 Å². The molecule has 0 aromatic carbocycles. The minimum absolute atomic E-state index is 0.117. The van der Waals surface area contributed by atoms with Crippen molar-refractivity contribution >= 4 is 11.9 Å². The monoisotopic (exact) mass is 297 g/mol. The van der Waals surface area contributed by atoms with Crippen LogP contribution >= 0.6 is 0 Å². The number of hydrogen-bond acceptors (Lipinski definition) is 3. The molecule has 2 fully saturated rings. The average molecular weight is 297 g/mol. The summed E-state index contributed by atoms with van der Waals surface area (Å²) in [6.07, 6.45) is 9.64. The van der Waals surface area contributed by atoms with Crippen LogP contribution < -0.4 is 5.32 Å². The van der Waals surface area contributed by atoms with E-state index in [1.165, 1.54) is 19.3 Å². The number of carboxylic acids is 1. The standard InChI is InChI=1S/C16H27NO4/c18-14(12-16(15(19)20)8-4-9-16)17-10-5-11-21-13-6-2-1-3-7-13/h13H,1-12H2,(H,17,18)(H,19,20). The lowest BCUT2D eigenvalue weighted by Gasteiger charge is -2.36. The number of carboxylic acid groups (broad SMARTS) is 1. The van der Waals surface area contributed by atoms with Gasteiger partial charge in [0.2, 0.25) is 5.91 Å². The smallest absolute Gasteiger partial charge is 0.310 e. The zero-order valence-electron chi connectivity index (χ0n) is 12.7. The maximum absolute atomic E-state index is 11.8. The highest BCUT2D eigenvalue weighted by atomic mass is 16.5. The number of rotatable bonds is 8. The van der Waals surface area contributed by atoms with Crippen molar-refractivity contribution in [3.05, 3.63) is 0 Å². The number of carbonyl (C=O) groups excluding carboxylic acids is 1. The number of aliphatic carboxylic acids is 1. The van der Waals surface area contributed by atoms with Crippen LogP contribution in [0.2, 0.25) is 0 Å². The lowest BCUT2D eigenvalue weighted by molar-refractivity contribution is -0.157. The number of ether oxygens (including phenoxy) is 1. The predicted octanol–water partition coefficient (Wildman–Crippen LogP) is 2.49. The number of nitrogens with one attached hydrogen (secondary N) is 1. The Kier molecular flexibility index (Phi) is 6.03. The van der Waals surface area contributed by atoms with Crippen LogP contribution in [-0.4, -0.2) is 36.2 Å². The van der Waals surface area contributed by atoms with E-state index >= 15 is 0 Å². The molecule has 0 unspecified atom stereocenters. The Morgan fingerprint density at radius 2 is 1.86 bits per heavy atom. The normalized spacial score (nSPS) is 21.5. The first-order valence-electron chi connectivity index (χ1n) is 8.24. The SMILES string of the molecule is O=C(CC1(C(=O)O)CCC1)NCCCOC1CCCCC1. The Bertz CT molecular complexity index is 359. The third-order valence-corrected chi connectivity index (χ3v) is 4.81. The van der Waals surface area contributed by atoms with Crippen LogP contribution in [0.15, 0.2) is 0 Å². The van der Waals surface area contributed by atoms with Crippen molar-refractivity contribution < 1.29 is 19.4 Å². The minimum Gasteiger partial charge on any atom is -0.481 e. The van der Waals surface area contributed by atoms with E-state index in [0.717, 1.165) is 25.7 Å². The van der Waals surface area contributed by atoms with E-state index in [2.05, 4.69) is 5.32 Å². The average Bonchev–Trinajstić information content (AvgIpc) is 2.43. The minimum atomic E-state index is -0.829. The molecule has 0 aromatic heterocycles. The summed E-state index contributed by atoms with van der Waals surface area (Å²) < 4.78 is 5.79. The summed E-state index contributed by atoms with van der Waals surface area (Å²) in [6.45, 7) is 1.25. The lowest BCUT2D eigenvalue weighted by atomic mass is 9.66. The van der Waals surface area contributed by atoms with Crippen LogP contribution in [0, 0.1) is 5.41 Å². The topological polar surface area (TPSA) is 75.6 Å². The van der Waals surface area contributed by atoms with Gasteiger partial charge in [-0.3, -0.25) is 9.59 Å². The Labute approximate surface area is 126 Å². The summed E-state index contributed by atoms with van der Waals surface area (Å²) in [4.78, 5) is 23.0. The second-order valence-corrected chi connectivity index (χ2v) is 6.45. The quantitative estimate of drug-likeness (QED) is 0.675. The van der Waals surface area contributed by atoms with Gasteiger partial charge >= 0.3 is 5.97 Å². The zero-order chi connectivity index (χ0) is 15.1. The Morgan fingerprint density at radius 1 is 1.14 bits per heavy atom. The van der Waals surface area contributed by atoms with Gasteiger partial charge in [0.15, 0.2) is 0 Å². The summed E-state index contributed by atoms with van der Waals surface area (Å²) in [6, 6.07) is 0. The lowest BCUT2D eigenvalue weighted by Crippen LogP contribution is -2.42. The molecular formula is C16H27NO4. The highest BCUT2D eigenvalue weighted by molar-refractivity contribution is 5.85. The second kappa shape index (κ2) is 7.78. The van der Waals surface area contributed by atoms with Gasteiger partial charge in [-0.1, -0.05) is 25.7 Å². The molecule has 21 heavy (non-hydrogen) atoms. The first kappa shape index (κ1) is 16.3. The Morgan fingerprint density at radius 3 is 2.43 bits per heavy atom. The maximum atomic E-state index is 11.8. The fourth-order valence-corrected chi connectivity index (χ4v) is 3.22. The van der Waals surface area contributed by atoms with E-state index in [4.69, 9.17) is 4.74 Å². The van der Waals surface area contributed by atoms with E-state index < -0.39 is 11.4 Å². The van der Waals surface area contributed by atoms with Crippen molar-refractivity contribution in [3.8, 4) is 0 Å². The van der Waals surface area contributed by atoms with Crippen molar-refractivity contribution in [2.75, 3.05) is 13.2 Å². The third kappa shape index (κ3) is 4.70. The van der Waals surface area contributed by atoms with Crippen molar-refractivity contribution in [1.29, 1.82) is 0 Å². The summed E-state index contributed by atoms with van der Waals surface area (Å²) in [7, 11) is 0. The highest BCUT2D eigenvalue weighted by Gasteiger charge is 2.45. The van der Waals surface area contributed by atoms with Crippen molar-refractivity contribution in [3.63, 3.8) is 0 Å². The van der Waals surface area contributed by atoms with Gasteiger partial charge in [0, 0.05) is 19.6 Å². The molecule has 0 heterocycles. The molecule has 0 saturated heterocycles. The van der Waals surface area contributed by atoms with Gasteiger partial charge in [0.25, 0.3) is 0 Å². The summed E-state index contributed by atoms with van der Waals surface area (Å²) in [5.74, 6) is -0.973. The molecule has 0 atom stereocenters. The highest BCUT2D eigenvalue weighted by Crippen LogP contribution is 2.44. The predicted molar refractivity (Wildman–Crippen MR) is 79.0 cm³/mol. The van der Waals surface area contributed by atoms with Crippen molar-refractivity contribution in [2.24, 2.45) is 5.41 Å². The Balaban J connectivity index is 1.54. The van der Waals surface area contributed by atoms with Crippen LogP contribution in [-0.2, 0) is 14.3 Å². The number of hydrogen-bond donors (Lipinski definition) is 2. The van der Waals surface area contributed by atoms with Crippen LogP contribution in [0.3, 0.4) is 0 Å². The van der Waals surface area contributed by atoms with Crippen LogP contribution in [0.25, 0.3) is 0 Å². The zero-order valence-corrected chi connectivity index (χ0v) is 12.7. The fraction of sp³-hybridized carbons (Fsp3) is 0.875. The second-order valence-electron chi connectivity index (χ2n) is 6.45. The van der Waals surface area contributed by atoms with Crippen LogP contribution in [0.4, 0.5) is 0 Å². The fourth-order valence-electron chi connectivity index (χ4n) is 3.22. The van der Waals surface area contributed by atoms with Gasteiger partial charge in [-0.25, -0.2) is 0 Å². The summed E-state index contributed by atoms with van der Waals surface area (Å²) in [5.41, 5.74) is -0.789. The van der Waals surface area contributed by atoms with Crippen LogP contribution in [0.5, 0.6) is 0 Å². The van der Waals surface area contributed by atoms with E-state index in [0.29, 0.717) is 32.1 Å². The Hall–Kier alpha value is -1.10. The molecule has 5 heteroatoms. The van der Waals surface area contributed by atoms with Gasteiger partial charge in [0.1, 0.15) is 0 Å². The first-order chi connectivity index (χ1) is 10.1. The van der Waals surface area contributed by atoms with E-state index in [1.807, 2.05) is 0 Å². The molecule has 2 aliphatic rings. The van der Waals surface area contributed by atoms with Gasteiger partial charge < -0.3 is 15.2 Å². The molecule has 0 radical (unpaired) electrons. The van der Waals surface area contributed by atoms with Crippen molar-refractivity contribution in [2.45, 2.75) is 70.3 Å². The molecule has 1 amide bonds. The number of amides is 1. The van der Waals surface area contributed by atoms with Gasteiger partial charge in [-0.15, -0.1) is 0 Å². The van der Waals surface area contributed by atoms with Crippen molar-refractivity contribution in [1.82, 2.24) is 5.32 Å². The maximum Gasteiger partial charge on any atom is 0.310 e. The van der Waals surface area contributed by atoms with Gasteiger partial charge in [0.05, 0.1) is 11.5 Å². The van der Waals surface area contributed by atoms with E-state index in [9.17, 15) is 14.7 Å². The number of carbonyl (C=O) groups is 2. The molecule has 5 nitrogen and oxygen atoms in total. The van der Waals surface area contributed by atoms with E-state index in [-0.39, 0.29) is 12.3 Å². The summed E-state index contributed by atoms with van der Waals surface area (Å²) >= 11 is 0. The molecule has 0 spiro atoms. The largest absolute Gasteiger partial charge is 0.481 e. The third-order valence-electron chi connectivity index (χ3n) is 4.81.